The van der Waals surface area contributed by atoms with Crippen molar-refractivity contribution in [3.63, 3.8) is 0 Å². The van der Waals surface area contributed by atoms with E-state index in [2.05, 4.69) is 4.98 Å². The van der Waals surface area contributed by atoms with Gasteiger partial charge in [0.1, 0.15) is 11.6 Å². The van der Waals surface area contributed by atoms with Gasteiger partial charge in [-0.25, -0.2) is 4.98 Å². The van der Waals surface area contributed by atoms with Crippen LogP contribution in [0.25, 0.3) is 11.1 Å². The third kappa shape index (κ3) is 2.01. The lowest BCUT2D eigenvalue weighted by molar-refractivity contribution is 0.152. The van der Waals surface area contributed by atoms with Crippen LogP contribution < -0.4 is 5.73 Å². The number of hydrogen-bond donors (Lipinski definition) is 2. The zero-order valence-electron chi connectivity index (χ0n) is 8.45. The number of fused-ring (bicyclic) bond motifs is 1. The molecule has 6 heteroatoms. The van der Waals surface area contributed by atoms with E-state index in [-0.39, 0.29) is 5.89 Å². The van der Waals surface area contributed by atoms with Crippen LogP contribution in [0.2, 0.25) is 10.0 Å². The molecule has 0 radical (unpaired) electrons. The van der Waals surface area contributed by atoms with Gasteiger partial charge >= 0.3 is 0 Å². The van der Waals surface area contributed by atoms with E-state index < -0.39 is 12.1 Å². The van der Waals surface area contributed by atoms with Crippen LogP contribution in [0, 0.1) is 0 Å². The Labute approximate surface area is 102 Å². The molecule has 0 saturated carbocycles. The van der Waals surface area contributed by atoms with Crippen molar-refractivity contribution in [1.29, 1.82) is 0 Å². The molecule has 16 heavy (non-hydrogen) atoms. The minimum atomic E-state index is -0.748. The van der Waals surface area contributed by atoms with Crippen LogP contribution in [0.5, 0.6) is 0 Å². The molecule has 0 aliphatic heterocycles. The highest BCUT2D eigenvalue weighted by Gasteiger charge is 2.19. The Kier molecular flexibility index (Phi) is 3.08. The van der Waals surface area contributed by atoms with Gasteiger partial charge in [-0.3, -0.25) is 0 Å². The van der Waals surface area contributed by atoms with Crippen LogP contribution in [-0.2, 0) is 0 Å². The number of hydrogen-bond acceptors (Lipinski definition) is 4. The maximum Gasteiger partial charge on any atom is 0.215 e. The largest absolute Gasteiger partial charge is 0.437 e. The molecule has 0 aliphatic carbocycles. The molecule has 2 aromatic rings. The fourth-order valence-electron chi connectivity index (χ4n) is 1.33. The number of benzene rings is 1. The molecule has 86 valence electrons. The molecule has 2 atom stereocenters. The summed E-state index contributed by atoms with van der Waals surface area (Å²) in [4.78, 5) is 4.14. The summed E-state index contributed by atoms with van der Waals surface area (Å²) in [5.74, 6) is 0.245. The summed E-state index contributed by atoms with van der Waals surface area (Å²) in [5.41, 5.74) is 6.67. The second kappa shape index (κ2) is 4.22. The lowest BCUT2D eigenvalue weighted by atomic mass is 10.2. The Morgan fingerprint density at radius 2 is 2.12 bits per heavy atom. The van der Waals surface area contributed by atoms with Crippen LogP contribution in [0.15, 0.2) is 16.5 Å². The van der Waals surface area contributed by atoms with Gasteiger partial charge < -0.3 is 15.3 Å². The molecule has 3 N–H and O–H groups in total. The Morgan fingerprint density at radius 3 is 2.75 bits per heavy atom. The molecule has 0 spiro atoms. The monoisotopic (exact) mass is 260 g/mol. The second-order valence-electron chi connectivity index (χ2n) is 3.55. The topological polar surface area (TPSA) is 72.3 Å². The van der Waals surface area contributed by atoms with E-state index in [4.69, 9.17) is 33.4 Å². The molecule has 4 nitrogen and oxygen atoms in total. The van der Waals surface area contributed by atoms with Gasteiger partial charge in [-0.1, -0.05) is 23.2 Å². The van der Waals surface area contributed by atoms with Crippen LogP contribution in [0.1, 0.15) is 18.9 Å². The summed E-state index contributed by atoms with van der Waals surface area (Å²) in [6.07, 6.45) is -0.748. The summed E-state index contributed by atoms with van der Waals surface area (Å²) in [6.45, 7) is 1.56. The highest BCUT2D eigenvalue weighted by atomic mass is 35.5. The molecule has 0 saturated heterocycles. The van der Waals surface area contributed by atoms with Gasteiger partial charge in [-0.05, 0) is 19.1 Å². The third-order valence-electron chi connectivity index (χ3n) is 2.23. The number of aliphatic hydroxyl groups is 1. The van der Waals surface area contributed by atoms with Crippen molar-refractivity contribution >= 4 is 34.3 Å². The number of nitrogens with two attached hydrogens (primary N) is 1. The second-order valence-corrected chi connectivity index (χ2v) is 4.40. The van der Waals surface area contributed by atoms with Crippen LogP contribution in [-0.4, -0.2) is 16.2 Å². The smallest absolute Gasteiger partial charge is 0.215 e. The van der Waals surface area contributed by atoms with Gasteiger partial charge in [0.15, 0.2) is 5.58 Å². The zero-order valence-corrected chi connectivity index (χ0v) is 9.96. The number of oxazole rings is 1. The zero-order chi connectivity index (χ0) is 11.9. The standard InChI is InChI=1S/C10H10Cl2N2O2/c1-4(15)8(13)10-14-7-3-5(11)2-6(12)9(7)16-10/h2-4,8,15H,13H2,1H3. The minimum absolute atomic E-state index is 0.245. The first-order chi connectivity index (χ1) is 7.49. The van der Waals surface area contributed by atoms with Crippen LogP contribution >= 0.6 is 23.2 Å². The van der Waals surface area contributed by atoms with E-state index in [0.717, 1.165) is 0 Å². The maximum atomic E-state index is 9.34. The summed E-state index contributed by atoms with van der Waals surface area (Å²) in [5, 5.41) is 10.2. The fraction of sp³-hybridized carbons (Fsp3) is 0.300. The number of aromatic nitrogens is 1. The summed E-state index contributed by atoms with van der Waals surface area (Å²) in [6, 6.07) is 2.51. The molecule has 0 amide bonds. The lowest BCUT2D eigenvalue weighted by Gasteiger charge is -2.09. The number of nitrogens with zero attached hydrogens (tertiary/aromatic N) is 1. The molecule has 0 bridgehead atoms. The van der Waals surface area contributed by atoms with Gasteiger partial charge in [0, 0.05) is 5.02 Å². The average molecular weight is 261 g/mol. The highest BCUT2D eigenvalue weighted by Crippen LogP contribution is 2.30. The fourth-order valence-corrected chi connectivity index (χ4v) is 1.85. The summed E-state index contributed by atoms with van der Waals surface area (Å²) < 4.78 is 5.39. The van der Waals surface area contributed by atoms with Gasteiger partial charge in [0.2, 0.25) is 5.89 Å². The Bertz CT molecular complexity index is 525. The summed E-state index contributed by atoms with van der Waals surface area (Å²) >= 11 is 11.8. The van der Waals surface area contributed by atoms with Crippen molar-refractivity contribution < 1.29 is 9.52 Å². The Hall–Kier alpha value is -0.810. The quantitative estimate of drug-likeness (QED) is 0.871. The highest BCUT2D eigenvalue weighted by molar-refractivity contribution is 6.37. The predicted molar refractivity (Wildman–Crippen MR) is 62.6 cm³/mol. The van der Waals surface area contributed by atoms with Crippen molar-refractivity contribution in [3.05, 3.63) is 28.1 Å². The van der Waals surface area contributed by atoms with Crippen molar-refractivity contribution in [1.82, 2.24) is 4.98 Å². The Morgan fingerprint density at radius 1 is 1.44 bits per heavy atom. The van der Waals surface area contributed by atoms with E-state index in [1.54, 1.807) is 19.1 Å². The predicted octanol–water partition coefficient (Wildman–Crippen LogP) is 2.52. The molecule has 2 rings (SSSR count). The molecule has 1 aromatic carbocycles. The van der Waals surface area contributed by atoms with E-state index in [1.807, 2.05) is 0 Å². The molecule has 0 fully saturated rings. The maximum absolute atomic E-state index is 9.34. The molecule has 0 aliphatic rings. The van der Waals surface area contributed by atoms with Crippen molar-refractivity contribution in [3.8, 4) is 0 Å². The normalized spacial score (nSPS) is 15.3. The van der Waals surface area contributed by atoms with Crippen LogP contribution in [0.3, 0.4) is 0 Å². The van der Waals surface area contributed by atoms with E-state index >= 15 is 0 Å². The number of rotatable bonds is 2. The van der Waals surface area contributed by atoms with E-state index in [9.17, 15) is 5.11 Å². The van der Waals surface area contributed by atoms with Gasteiger partial charge in [0.25, 0.3) is 0 Å². The first-order valence-corrected chi connectivity index (χ1v) is 5.43. The van der Waals surface area contributed by atoms with Crippen molar-refractivity contribution in [2.24, 2.45) is 5.73 Å². The Balaban J connectivity index is 2.56. The first-order valence-electron chi connectivity index (χ1n) is 4.68. The summed E-state index contributed by atoms with van der Waals surface area (Å²) in [7, 11) is 0. The van der Waals surface area contributed by atoms with Crippen molar-refractivity contribution in [2.45, 2.75) is 19.1 Å². The van der Waals surface area contributed by atoms with Gasteiger partial charge in [-0.2, -0.15) is 0 Å². The molecule has 2 unspecified atom stereocenters. The SMILES string of the molecule is CC(O)C(N)c1nc2cc(Cl)cc(Cl)c2o1. The molecule has 1 aromatic heterocycles. The molecular formula is C10H10Cl2N2O2. The minimum Gasteiger partial charge on any atom is -0.437 e. The number of aliphatic hydroxyl groups excluding tert-OH is 1. The van der Waals surface area contributed by atoms with Gasteiger partial charge in [-0.15, -0.1) is 0 Å². The molecular weight excluding hydrogens is 251 g/mol. The van der Waals surface area contributed by atoms with Gasteiger partial charge in [0.05, 0.1) is 11.1 Å². The first kappa shape index (κ1) is 11.7. The lowest BCUT2D eigenvalue weighted by Crippen LogP contribution is -2.23. The van der Waals surface area contributed by atoms with Crippen LogP contribution in [0.4, 0.5) is 0 Å². The van der Waals surface area contributed by atoms with E-state index in [1.165, 1.54) is 0 Å². The molecule has 1 heterocycles. The van der Waals surface area contributed by atoms with Crippen molar-refractivity contribution in [2.75, 3.05) is 0 Å². The third-order valence-corrected chi connectivity index (χ3v) is 2.73. The van der Waals surface area contributed by atoms with E-state index in [0.29, 0.717) is 21.1 Å². The number of halogens is 2. The average Bonchev–Trinajstić information content (AvgIpc) is 2.60.